The van der Waals surface area contributed by atoms with Gasteiger partial charge in [0.15, 0.2) is 9.84 Å². The molecular formula is C9H11BO5S. The van der Waals surface area contributed by atoms with Gasteiger partial charge in [-0.15, -0.1) is 0 Å². The molecule has 0 amide bonds. The lowest BCUT2D eigenvalue weighted by atomic mass is 10.2. The summed E-state index contributed by atoms with van der Waals surface area (Å²) < 4.78 is 28.2. The van der Waals surface area contributed by atoms with Crippen LogP contribution in [-0.4, -0.2) is 31.0 Å². The van der Waals surface area contributed by atoms with E-state index in [1.807, 2.05) is 0 Å². The van der Waals surface area contributed by atoms with Crippen molar-refractivity contribution in [2.24, 2.45) is 0 Å². The number of rotatable bonds is 4. The first-order valence-corrected chi connectivity index (χ1v) is 6.41. The van der Waals surface area contributed by atoms with Gasteiger partial charge >= 0.3 is 7.32 Å². The normalized spacial score (nSPS) is 15.9. The van der Waals surface area contributed by atoms with Crippen molar-refractivity contribution in [3.63, 3.8) is 0 Å². The van der Waals surface area contributed by atoms with E-state index < -0.39 is 17.2 Å². The Labute approximate surface area is 93.8 Å². The summed E-state index contributed by atoms with van der Waals surface area (Å²) in [7, 11) is -5.09. The molecule has 0 aromatic heterocycles. The molecule has 1 aliphatic rings. The number of hydrogen-bond acceptors (Lipinski definition) is 5. The quantitative estimate of drug-likeness (QED) is 0.724. The highest BCUT2D eigenvalue weighted by Gasteiger charge is 2.36. The van der Waals surface area contributed by atoms with Gasteiger partial charge in [-0.3, -0.25) is 0 Å². The summed E-state index contributed by atoms with van der Waals surface area (Å²) in [5.74, 6) is 0.213. The molecule has 1 aliphatic carbocycles. The fourth-order valence-corrected chi connectivity index (χ4v) is 3.06. The van der Waals surface area contributed by atoms with Crippen LogP contribution in [0, 0.1) is 0 Å². The Balaban J connectivity index is 2.19. The topological polar surface area (TPSA) is 83.8 Å². The monoisotopic (exact) mass is 242 g/mol. The molecule has 5 nitrogen and oxygen atoms in total. The van der Waals surface area contributed by atoms with Gasteiger partial charge in [-0.2, -0.15) is 0 Å². The van der Waals surface area contributed by atoms with Gasteiger partial charge in [-0.25, -0.2) is 8.42 Å². The SMILES string of the molecule is O=S(=O)(c1ccc(OB(O)O)cc1)C1CC1. The number of benzene rings is 1. The molecule has 1 aromatic rings. The molecule has 0 bridgehead atoms. The molecule has 0 heterocycles. The Morgan fingerprint density at radius 3 is 2.19 bits per heavy atom. The van der Waals surface area contributed by atoms with Crippen molar-refractivity contribution in [2.45, 2.75) is 23.0 Å². The predicted molar refractivity (Wildman–Crippen MR) is 57.5 cm³/mol. The van der Waals surface area contributed by atoms with Crippen LogP contribution >= 0.6 is 0 Å². The van der Waals surface area contributed by atoms with Crippen molar-refractivity contribution in [1.29, 1.82) is 0 Å². The molecule has 0 atom stereocenters. The second-order valence-electron chi connectivity index (χ2n) is 3.66. The lowest BCUT2D eigenvalue weighted by Crippen LogP contribution is -2.20. The minimum Gasteiger partial charge on any atom is -0.512 e. The average Bonchev–Trinajstić information content (AvgIpc) is 3.00. The largest absolute Gasteiger partial charge is 0.707 e. The molecule has 1 aromatic carbocycles. The van der Waals surface area contributed by atoms with Crippen LogP contribution < -0.4 is 4.65 Å². The van der Waals surface area contributed by atoms with Gasteiger partial charge in [-0.1, -0.05) is 0 Å². The van der Waals surface area contributed by atoms with E-state index >= 15 is 0 Å². The van der Waals surface area contributed by atoms with E-state index in [0.29, 0.717) is 0 Å². The van der Waals surface area contributed by atoms with Gasteiger partial charge in [0, 0.05) is 0 Å². The van der Waals surface area contributed by atoms with Gasteiger partial charge in [0.2, 0.25) is 0 Å². The first-order chi connectivity index (χ1) is 7.50. The summed E-state index contributed by atoms with van der Waals surface area (Å²) in [5, 5.41) is 16.8. The molecule has 0 saturated heterocycles. The third-order valence-corrected chi connectivity index (χ3v) is 4.64. The molecule has 7 heteroatoms. The van der Waals surface area contributed by atoms with Crippen molar-refractivity contribution in [2.75, 3.05) is 0 Å². The minimum atomic E-state index is -3.19. The van der Waals surface area contributed by atoms with Crippen LogP contribution in [0.3, 0.4) is 0 Å². The van der Waals surface area contributed by atoms with Crippen LogP contribution in [-0.2, 0) is 9.84 Å². The molecule has 16 heavy (non-hydrogen) atoms. The van der Waals surface area contributed by atoms with Crippen LogP contribution in [0.2, 0.25) is 0 Å². The van der Waals surface area contributed by atoms with Crippen molar-refractivity contribution >= 4 is 17.2 Å². The Hall–Kier alpha value is -1.05. The molecular weight excluding hydrogens is 231 g/mol. The van der Waals surface area contributed by atoms with Gasteiger partial charge in [0.1, 0.15) is 5.75 Å². The lowest BCUT2D eigenvalue weighted by molar-refractivity contribution is 0.288. The summed E-state index contributed by atoms with van der Waals surface area (Å²) in [6.07, 6.45) is 1.44. The van der Waals surface area contributed by atoms with E-state index in [2.05, 4.69) is 4.65 Å². The van der Waals surface area contributed by atoms with E-state index in [-0.39, 0.29) is 15.9 Å². The zero-order chi connectivity index (χ0) is 11.8. The molecule has 2 rings (SSSR count). The van der Waals surface area contributed by atoms with E-state index in [4.69, 9.17) is 10.0 Å². The highest BCUT2D eigenvalue weighted by molar-refractivity contribution is 7.92. The maximum atomic E-state index is 11.8. The molecule has 2 N–H and O–H groups in total. The molecule has 86 valence electrons. The molecule has 0 aliphatic heterocycles. The van der Waals surface area contributed by atoms with Crippen LogP contribution in [0.4, 0.5) is 0 Å². The Morgan fingerprint density at radius 1 is 1.19 bits per heavy atom. The van der Waals surface area contributed by atoms with E-state index in [0.717, 1.165) is 12.8 Å². The average molecular weight is 242 g/mol. The van der Waals surface area contributed by atoms with Gasteiger partial charge in [0.05, 0.1) is 10.1 Å². The Kier molecular flexibility index (Phi) is 2.92. The third kappa shape index (κ3) is 2.37. The van der Waals surface area contributed by atoms with Crippen molar-refractivity contribution < 1.29 is 23.1 Å². The standard InChI is InChI=1S/C9H11BO5S/c11-10(12)15-7-1-3-8(4-2-7)16(13,14)9-5-6-9/h1-4,9,11-12H,5-6H2. The number of hydrogen-bond donors (Lipinski definition) is 2. The fourth-order valence-electron chi connectivity index (χ4n) is 1.40. The molecule has 0 spiro atoms. The second kappa shape index (κ2) is 4.08. The first kappa shape index (κ1) is 11.4. The smallest absolute Gasteiger partial charge is 0.512 e. The Bertz CT molecular complexity index is 463. The minimum absolute atomic E-state index is 0.213. The highest BCUT2D eigenvalue weighted by atomic mass is 32.2. The first-order valence-electron chi connectivity index (χ1n) is 4.87. The maximum Gasteiger partial charge on any atom is 0.707 e. The van der Waals surface area contributed by atoms with Crippen LogP contribution in [0.5, 0.6) is 5.75 Å². The molecule has 0 unspecified atom stereocenters. The zero-order valence-electron chi connectivity index (χ0n) is 8.41. The third-order valence-electron chi connectivity index (χ3n) is 2.36. The van der Waals surface area contributed by atoms with E-state index in [9.17, 15) is 8.42 Å². The molecule has 1 fully saturated rings. The maximum absolute atomic E-state index is 11.8. The summed E-state index contributed by atoms with van der Waals surface area (Å²) in [5.41, 5.74) is 0. The predicted octanol–water partition coefficient (Wildman–Crippen LogP) is -0.0290. The van der Waals surface area contributed by atoms with Gasteiger partial charge in [0.25, 0.3) is 0 Å². The van der Waals surface area contributed by atoms with E-state index in [1.54, 1.807) is 0 Å². The van der Waals surface area contributed by atoms with Crippen molar-refractivity contribution in [1.82, 2.24) is 0 Å². The van der Waals surface area contributed by atoms with E-state index in [1.165, 1.54) is 24.3 Å². The van der Waals surface area contributed by atoms with Crippen LogP contribution in [0.15, 0.2) is 29.2 Å². The number of sulfone groups is 1. The van der Waals surface area contributed by atoms with Crippen molar-refractivity contribution in [3.8, 4) is 5.75 Å². The lowest BCUT2D eigenvalue weighted by Gasteiger charge is -2.06. The second-order valence-corrected chi connectivity index (χ2v) is 5.89. The van der Waals surface area contributed by atoms with Gasteiger partial charge < -0.3 is 14.7 Å². The molecule has 1 saturated carbocycles. The Morgan fingerprint density at radius 2 is 1.75 bits per heavy atom. The van der Waals surface area contributed by atoms with Crippen LogP contribution in [0.1, 0.15) is 12.8 Å². The summed E-state index contributed by atoms with van der Waals surface area (Å²) in [6.45, 7) is 0. The van der Waals surface area contributed by atoms with Gasteiger partial charge in [-0.05, 0) is 37.1 Å². The fraction of sp³-hybridized carbons (Fsp3) is 0.333. The summed E-state index contributed by atoms with van der Waals surface area (Å²) >= 11 is 0. The summed E-state index contributed by atoms with van der Waals surface area (Å²) in [6, 6.07) is 5.61. The zero-order valence-corrected chi connectivity index (χ0v) is 9.22. The van der Waals surface area contributed by atoms with Crippen molar-refractivity contribution in [3.05, 3.63) is 24.3 Å². The molecule has 0 radical (unpaired) electrons. The summed E-state index contributed by atoms with van der Waals surface area (Å²) in [4.78, 5) is 0.245. The van der Waals surface area contributed by atoms with Crippen LogP contribution in [0.25, 0.3) is 0 Å². The highest BCUT2D eigenvalue weighted by Crippen LogP contribution is 2.33.